The van der Waals surface area contributed by atoms with E-state index in [0.717, 1.165) is 57.4 Å². The van der Waals surface area contributed by atoms with E-state index >= 15 is 0 Å². The van der Waals surface area contributed by atoms with E-state index in [1.165, 1.54) is 0 Å². The number of amides is 1. The molecule has 2 fully saturated rings. The Labute approximate surface area is 192 Å². The fourth-order valence-corrected chi connectivity index (χ4v) is 4.37. The van der Waals surface area contributed by atoms with Crippen LogP contribution in [0.4, 0.5) is 11.5 Å². The van der Waals surface area contributed by atoms with Crippen LogP contribution in [0.15, 0.2) is 30.6 Å². The Morgan fingerprint density at radius 2 is 1.91 bits per heavy atom. The summed E-state index contributed by atoms with van der Waals surface area (Å²) in [6.45, 7) is 8.79. The molecule has 0 unspecified atom stereocenters. The molecule has 8 nitrogen and oxygen atoms in total. The largest absolute Gasteiger partial charge is 0.490 e. The van der Waals surface area contributed by atoms with Gasteiger partial charge in [0.2, 0.25) is 5.69 Å². The number of carbonyl (C=O) groups is 1. The maximum Gasteiger partial charge on any atom is 0.271 e. The summed E-state index contributed by atoms with van der Waals surface area (Å²) in [6, 6.07) is 5.47. The van der Waals surface area contributed by atoms with Crippen LogP contribution in [0, 0.1) is 6.57 Å². The summed E-state index contributed by atoms with van der Waals surface area (Å²) < 4.78 is 6.02. The van der Waals surface area contributed by atoms with Gasteiger partial charge in [0.1, 0.15) is 17.3 Å². The molecule has 0 bridgehead atoms. The molecule has 2 aliphatic rings. The molecule has 1 aromatic carbocycles. The first-order chi connectivity index (χ1) is 15.5. The molecule has 0 spiro atoms. The Hall–Kier alpha value is -2.89. The number of nitrogens with zero attached hydrogens (tertiary/aromatic N) is 4. The van der Waals surface area contributed by atoms with Crippen molar-refractivity contribution in [2.45, 2.75) is 56.7 Å². The number of anilines is 1. The van der Waals surface area contributed by atoms with Gasteiger partial charge in [0.25, 0.3) is 5.91 Å². The van der Waals surface area contributed by atoms with E-state index < -0.39 is 0 Å². The zero-order valence-electron chi connectivity index (χ0n) is 17.8. The topological polar surface area (TPSA) is 97.7 Å². The van der Waals surface area contributed by atoms with Gasteiger partial charge >= 0.3 is 0 Å². The van der Waals surface area contributed by atoms with E-state index in [9.17, 15) is 4.79 Å². The molecule has 1 amide bonds. The van der Waals surface area contributed by atoms with Crippen LogP contribution in [0.3, 0.4) is 0 Å². The van der Waals surface area contributed by atoms with Gasteiger partial charge in [-0.05, 0) is 50.7 Å². The van der Waals surface area contributed by atoms with E-state index in [2.05, 4.69) is 25.0 Å². The van der Waals surface area contributed by atoms with Crippen LogP contribution in [0.5, 0.6) is 5.75 Å². The van der Waals surface area contributed by atoms with Crippen molar-refractivity contribution >= 4 is 29.0 Å². The third kappa shape index (κ3) is 5.47. The number of aromatic nitrogens is 2. The molecule has 9 heteroatoms. The maximum atomic E-state index is 12.6. The van der Waals surface area contributed by atoms with Gasteiger partial charge in [-0.2, -0.15) is 0 Å². The summed E-state index contributed by atoms with van der Waals surface area (Å²) in [5.41, 5.74) is 6.70. The quantitative estimate of drug-likeness (QED) is 0.668. The molecular weight excluding hydrogens is 428 g/mol. The standard InChI is InChI=1S/C23H27ClN6O2/c1-26-20-7-6-18(12-19(20)24)32-17-4-2-16(3-5-17)29-23(31)21-13-28-22(14-27-21)30-10-8-15(25)9-11-30/h6-7,12-17H,2-5,8-11,25H2,(H,29,31). The molecule has 1 saturated heterocycles. The molecule has 2 heterocycles. The number of rotatable bonds is 5. The van der Waals surface area contributed by atoms with Crippen molar-refractivity contribution in [3.05, 3.63) is 52.7 Å². The fraction of sp³-hybridized carbons (Fsp3) is 0.478. The van der Waals surface area contributed by atoms with Crippen molar-refractivity contribution in [1.29, 1.82) is 0 Å². The second-order valence-corrected chi connectivity index (χ2v) is 8.78. The van der Waals surface area contributed by atoms with Gasteiger partial charge < -0.3 is 20.7 Å². The Bertz CT molecular complexity index is 977. The summed E-state index contributed by atoms with van der Waals surface area (Å²) in [5, 5.41) is 3.46. The van der Waals surface area contributed by atoms with Crippen molar-refractivity contribution in [3.63, 3.8) is 0 Å². The van der Waals surface area contributed by atoms with E-state index in [0.29, 0.717) is 22.2 Å². The molecule has 1 aromatic heterocycles. The van der Waals surface area contributed by atoms with Gasteiger partial charge in [0.15, 0.2) is 0 Å². The first-order valence-electron chi connectivity index (χ1n) is 11.0. The van der Waals surface area contributed by atoms with Crippen molar-refractivity contribution in [2.75, 3.05) is 18.0 Å². The van der Waals surface area contributed by atoms with Crippen LogP contribution in [0.1, 0.15) is 49.0 Å². The van der Waals surface area contributed by atoms with Gasteiger partial charge in [-0.15, -0.1) is 0 Å². The normalized spacial score (nSPS) is 21.6. The van der Waals surface area contributed by atoms with Crippen molar-refractivity contribution < 1.29 is 9.53 Å². The molecule has 1 saturated carbocycles. The maximum absolute atomic E-state index is 12.6. The minimum Gasteiger partial charge on any atom is -0.490 e. The third-order valence-electron chi connectivity index (χ3n) is 6.09. The zero-order chi connectivity index (χ0) is 22.5. The lowest BCUT2D eigenvalue weighted by atomic mass is 9.93. The molecule has 1 aliphatic carbocycles. The molecule has 4 rings (SSSR count). The third-order valence-corrected chi connectivity index (χ3v) is 6.39. The summed E-state index contributed by atoms with van der Waals surface area (Å²) in [5.74, 6) is 1.26. The van der Waals surface area contributed by atoms with Crippen LogP contribution in [-0.2, 0) is 0 Å². The fourth-order valence-electron chi connectivity index (χ4n) is 4.16. The predicted molar refractivity (Wildman–Crippen MR) is 123 cm³/mol. The van der Waals surface area contributed by atoms with Gasteiger partial charge in [0.05, 0.1) is 30.1 Å². The van der Waals surface area contributed by atoms with Crippen LogP contribution in [0.25, 0.3) is 4.85 Å². The van der Waals surface area contributed by atoms with E-state index in [1.807, 2.05) is 0 Å². The van der Waals surface area contributed by atoms with Crippen LogP contribution < -0.4 is 20.7 Å². The number of hydrogen-bond donors (Lipinski definition) is 2. The molecule has 0 atom stereocenters. The second-order valence-electron chi connectivity index (χ2n) is 8.37. The summed E-state index contributed by atoms with van der Waals surface area (Å²) >= 11 is 6.09. The average molecular weight is 455 g/mol. The van der Waals surface area contributed by atoms with Gasteiger partial charge in [-0.3, -0.25) is 4.79 Å². The summed E-state index contributed by atoms with van der Waals surface area (Å²) in [6.07, 6.45) is 8.46. The molecular formula is C23H27ClN6O2. The van der Waals surface area contributed by atoms with Crippen molar-refractivity contribution in [1.82, 2.24) is 15.3 Å². The molecule has 0 radical (unpaired) electrons. The van der Waals surface area contributed by atoms with E-state index in [1.54, 1.807) is 30.6 Å². The first kappa shape index (κ1) is 22.3. The highest BCUT2D eigenvalue weighted by atomic mass is 35.5. The number of nitrogens with one attached hydrogen (secondary N) is 1. The molecule has 168 valence electrons. The first-order valence-corrected chi connectivity index (χ1v) is 11.4. The van der Waals surface area contributed by atoms with Gasteiger partial charge in [-0.1, -0.05) is 17.7 Å². The highest BCUT2D eigenvalue weighted by Crippen LogP contribution is 2.31. The summed E-state index contributed by atoms with van der Waals surface area (Å²) in [4.78, 5) is 26.9. The highest BCUT2D eigenvalue weighted by molar-refractivity contribution is 6.33. The highest BCUT2D eigenvalue weighted by Gasteiger charge is 2.25. The molecule has 32 heavy (non-hydrogen) atoms. The minimum absolute atomic E-state index is 0.0646. The lowest BCUT2D eigenvalue weighted by molar-refractivity contribution is 0.0888. The van der Waals surface area contributed by atoms with Crippen LogP contribution >= 0.6 is 11.6 Å². The number of piperidine rings is 1. The van der Waals surface area contributed by atoms with E-state index in [4.69, 9.17) is 28.6 Å². The van der Waals surface area contributed by atoms with Crippen LogP contribution in [-0.4, -0.2) is 47.2 Å². The number of carbonyl (C=O) groups excluding carboxylic acids is 1. The second kappa shape index (κ2) is 10.2. The molecule has 3 N–H and O–H groups in total. The number of benzene rings is 1. The molecule has 2 aromatic rings. The Balaban J connectivity index is 1.24. The van der Waals surface area contributed by atoms with E-state index in [-0.39, 0.29) is 24.1 Å². The zero-order valence-corrected chi connectivity index (χ0v) is 18.6. The predicted octanol–water partition coefficient (Wildman–Crippen LogP) is 3.73. The average Bonchev–Trinajstić information content (AvgIpc) is 2.81. The lowest BCUT2D eigenvalue weighted by Gasteiger charge is -2.31. The number of halogens is 1. The van der Waals surface area contributed by atoms with Crippen molar-refractivity contribution in [3.8, 4) is 5.75 Å². The SMILES string of the molecule is [C-]#[N+]c1ccc(OC2CCC(NC(=O)c3cnc(N4CCC(N)CC4)cn3)CC2)cc1Cl. The summed E-state index contributed by atoms with van der Waals surface area (Å²) in [7, 11) is 0. The van der Waals surface area contributed by atoms with Gasteiger partial charge in [-0.25, -0.2) is 14.8 Å². The number of nitrogens with two attached hydrogens (primary N) is 1. The molecule has 1 aliphatic heterocycles. The van der Waals surface area contributed by atoms with Crippen molar-refractivity contribution in [2.24, 2.45) is 5.73 Å². The number of hydrogen-bond acceptors (Lipinski definition) is 6. The lowest BCUT2D eigenvalue weighted by Crippen LogP contribution is -2.41. The Morgan fingerprint density at radius 1 is 1.16 bits per heavy atom. The number of ether oxygens (including phenoxy) is 1. The Kier molecular flexibility index (Phi) is 7.08. The smallest absolute Gasteiger partial charge is 0.271 e. The van der Waals surface area contributed by atoms with Gasteiger partial charge in [0, 0.05) is 25.2 Å². The Morgan fingerprint density at radius 3 is 2.53 bits per heavy atom. The minimum atomic E-state index is -0.199. The van der Waals surface area contributed by atoms with Crippen LogP contribution in [0.2, 0.25) is 5.02 Å². The monoisotopic (exact) mass is 454 g/mol.